The lowest BCUT2D eigenvalue weighted by Gasteiger charge is -2.24. The Labute approximate surface area is 133 Å². The number of aryl methyl sites for hydroxylation is 1. The van der Waals surface area contributed by atoms with Crippen LogP contribution in [-0.2, 0) is 17.1 Å². The lowest BCUT2D eigenvalue weighted by atomic mass is 10.1. The van der Waals surface area contributed by atoms with E-state index >= 15 is 0 Å². The Balaban J connectivity index is 2.31. The van der Waals surface area contributed by atoms with Crippen LogP contribution < -0.4 is 4.72 Å². The first-order valence-electron chi connectivity index (χ1n) is 7.53. The van der Waals surface area contributed by atoms with Gasteiger partial charge in [-0.1, -0.05) is 25.1 Å². The lowest BCUT2D eigenvalue weighted by molar-refractivity contribution is 0.301. The molecule has 2 aromatic rings. The second-order valence-corrected chi connectivity index (χ2v) is 7.79. The summed E-state index contributed by atoms with van der Waals surface area (Å²) in [4.78, 5) is 2.05. The molecule has 122 valence electrons. The van der Waals surface area contributed by atoms with E-state index in [1.165, 1.54) is 5.39 Å². The summed E-state index contributed by atoms with van der Waals surface area (Å²) < 4.78 is 28.7. The molecule has 0 saturated carbocycles. The molecule has 0 amide bonds. The number of sulfonamides is 1. The molecular weight excluding hydrogens is 298 g/mol. The van der Waals surface area contributed by atoms with Crippen LogP contribution in [0.4, 0.5) is 0 Å². The van der Waals surface area contributed by atoms with Gasteiger partial charge in [0, 0.05) is 36.7 Å². The standard InChI is InChI=1S/C16H25N3O2S/c1-5-10-22(20,21)17-11-16(18(2)3)14-12-19(4)15-9-7-6-8-13(14)15/h6-9,12,16-17H,5,10-11H2,1-4H3. The minimum Gasteiger partial charge on any atom is -0.350 e. The molecule has 0 spiro atoms. The lowest BCUT2D eigenvalue weighted by Crippen LogP contribution is -2.35. The molecule has 0 fully saturated rings. The number of nitrogens with one attached hydrogen (secondary N) is 1. The predicted octanol–water partition coefficient (Wildman–Crippen LogP) is 2.11. The fraction of sp³-hybridized carbons (Fsp3) is 0.500. The molecule has 6 heteroatoms. The van der Waals surface area contributed by atoms with Crippen LogP contribution in [0.1, 0.15) is 24.9 Å². The molecule has 0 saturated heterocycles. The summed E-state index contributed by atoms with van der Waals surface area (Å²) in [5, 5.41) is 1.17. The van der Waals surface area contributed by atoms with Crippen LogP contribution in [0, 0.1) is 0 Å². The third-order valence-corrected chi connectivity index (χ3v) is 5.43. The van der Waals surface area contributed by atoms with Crippen LogP contribution in [0.15, 0.2) is 30.5 Å². The van der Waals surface area contributed by atoms with Crippen LogP contribution in [0.25, 0.3) is 10.9 Å². The molecule has 22 heavy (non-hydrogen) atoms. The molecule has 1 aromatic carbocycles. The molecule has 5 nitrogen and oxygen atoms in total. The minimum atomic E-state index is -3.20. The number of aromatic nitrogens is 1. The largest absolute Gasteiger partial charge is 0.350 e. The molecule has 1 aromatic heterocycles. The fourth-order valence-corrected chi connectivity index (χ4v) is 3.85. The van der Waals surface area contributed by atoms with Gasteiger partial charge >= 0.3 is 0 Å². The molecular formula is C16H25N3O2S. The van der Waals surface area contributed by atoms with Crippen molar-refractivity contribution in [2.24, 2.45) is 7.05 Å². The van der Waals surface area contributed by atoms with Gasteiger partial charge in [-0.25, -0.2) is 13.1 Å². The molecule has 0 aliphatic rings. The first-order valence-corrected chi connectivity index (χ1v) is 9.18. The third kappa shape index (κ3) is 3.69. The zero-order chi connectivity index (χ0) is 16.3. The Morgan fingerprint density at radius 2 is 1.95 bits per heavy atom. The van der Waals surface area contributed by atoms with Crippen molar-refractivity contribution < 1.29 is 8.42 Å². The van der Waals surface area contributed by atoms with Gasteiger partial charge in [-0.15, -0.1) is 0 Å². The Hall–Kier alpha value is -1.37. The number of hydrogen-bond donors (Lipinski definition) is 1. The Morgan fingerprint density at radius 1 is 1.27 bits per heavy atom. The van der Waals surface area contributed by atoms with Gasteiger partial charge < -0.3 is 9.47 Å². The number of nitrogens with zero attached hydrogens (tertiary/aromatic N) is 2. The highest BCUT2D eigenvalue weighted by molar-refractivity contribution is 7.89. The summed E-state index contributed by atoms with van der Waals surface area (Å²) in [6.45, 7) is 2.25. The maximum atomic E-state index is 11.9. The van der Waals surface area contributed by atoms with Crippen molar-refractivity contribution in [3.63, 3.8) is 0 Å². The van der Waals surface area contributed by atoms with Gasteiger partial charge in [0.05, 0.1) is 5.75 Å². The highest BCUT2D eigenvalue weighted by atomic mass is 32.2. The minimum absolute atomic E-state index is 0.00210. The van der Waals surface area contributed by atoms with E-state index in [1.807, 2.05) is 40.2 Å². The number of likely N-dealkylation sites (N-methyl/N-ethyl adjacent to an activating group) is 1. The maximum Gasteiger partial charge on any atom is 0.211 e. The van der Waals surface area contributed by atoms with Crippen molar-refractivity contribution in [2.45, 2.75) is 19.4 Å². The van der Waals surface area contributed by atoms with E-state index in [9.17, 15) is 8.42 Å². The van der Waals surface area contributed by atoms with E-state index in [2.05, 4.69) is 32.5 Å². The van der Waals surface area contributed by atoms with Crippen molar-refractivity contribution in [1.29, 1.82) is 0 Å². The summed E-state index contributed by atoms with van der Waals surface area (Å²) in [7, 11) is 2.76. The van der Waals surface area contributed by atoms with E-state index in [0.717, 1.165) is 11.1 Å². The number of benzene rings is 1. The van der Waals surface area contributed by atoms with Crippen LogP contribution in [0.3, 0.4) is 0 Å². The van der Waals surface area contributed by atoms with Gasteiger partial charge in [0.1, 0.15) is 0 Å². The van der Waals surface area contributed by atoms with E-state index < -0.39 is 10.0 Å². The molecule has 1 atom stereocenters. The summed E-state index contributed by atoms with van der Waals surface area (Å²) in [6, 6.07) is 8.19. The highest BCUT2D eigenvalue weighted by Gasteiger charge is 2.21. The van der Waals surface area contributed by atoms with Gasteiger partial charge in [0.2, 0.25) is 10.0 Å². The zero-order valence-electron chi connectivity index (χ0n) is 13.7. The molecule has 0 aliphatic heterocycles. The number of para-hydroxylation sites is 1. The van der Waals surface area contributed by atoms with Crippen LogP contribution in [0.5, 0.6) is 0 Å². The van der Waals surface area contributed by atoms with Gasteiger partial charge in [0.15, 0.2) is 0 Å². The third-order valence-electron chi connectivity index (χ3n) is 3.88. The molecule has 1 heterocycles. The predicted molar refractivity (Wildman–Crippen MR) is 91.4 cm³/mol. The average Bonchev–Trinajstić information content (AvgIpc) is 2.76. The summed E-state index contributed by atoms with van der Waals surface area (Å²) in [5.74, 6) is 0.169. The highest BCUT2D eigenvalue weighted by Crippen LogP contribution is 2.28. The Morgan fingerprint density at radius 3 is 2.59 bits per heavy atom. The fourth-order valence-electron chi connectivity index (χ4n) is 2.76. The van der Waals surface area contributed by atoms with Gasteiger partial charge in [-0.2, -0.15) is 0 Å². The molecule has 0 aliphatic carbocycles. The smallest absolute Gasteiger partial charge is 0.211 e. The van der Waals surface area contributed by atoms with Crippen molar-refractivity contribution in [1.82, 2.24) is 14.2 Å². The molecule has 1 N–H and O–H groups in total. The average molecular weight is 323 g/mol. The van der Waals surface area contributed by atoms with E-state index in [4.69, 9.17) is 0 Å². The summed E-state index contributed by atoms with van der Waals surface area (Å²) >= 11 is 0. The molecule has 2 rings (SSSR count). The maximum absolute atomic E-state index is 11.9. The van der Waals surface area contributed by atoms with Crippen molar-refractivity contribution >= 4 is 20.9 Å². The van der Waals surface area contributed by atoms with E-state index in [-0.39, 0.29) is 11.8 Å². The number of rotatable bonds is 7. The Bertz CT molecular complexity index is 735. The van der Waals surface area contributed by atoms with Crippen LogP contribution in [0.2, 0.25) is 0 Å². The zero-order valence-corrected chi connectivity index (χ0v) is 14.5. The summed E-state index contributed by atoms with van der Waals surface area (Å²) in [5.41, 5.74) is 2.29. The molecule has 1 unspecified atom stereocenters. The SMILES string of the molecule is CCCS(=O)(=O)NCC(c1cn(C)c2ccccc12)N(C)C. The van der Waals surface area contributed by atoms with Gasteiger partial charge in [0.25, 0.3) is 0 Å². The van der Waals surface area contributed by atoms with Crippen molar-refractivity contribution in [3.8, 4) is 0 Å². The summed E-state index contributed by atoms with van der Waals surface area (Å²) in [6.07, 6.45) is 2.71. The van der Waals surface area contributed by atoms with Crippen molar-refractivity contribution in [3.05, 3.63) is 36.0 Å². The van der Waals surface area contributed by atoms with Crippen molar-refractivity contribution in [2.75, 3.05) is 26.4 Å². The van der Waals surface area contributed by atoms with Crippen LogP contribution in [-0.4, -0.2) is 44.3 Å². The first-order chi connectivity index (χ1) is 10.4. The normalized spacial score (nSPS) is 13.9. The van der Waals surface area contributed by atoms with Crippen LogP contribution >= 0.6 is 0 Å². The monoisotopic (exact) mass is 323 g/mol. The second-order valence-electron chi connectivity index (χ2n) is 5.86. The van der Waals surface area contributed by atoms with Gasteiger partial charge in [-0.3, -0.25) is 0 Å². The number of fused-ring (bicyclic) bond motifs is 1. The number of hydrogen-bond acceptors (Lipinski definition) is 3. The Kier molecular flexibility index (Phi) is 5.26. The molecule has 0 bridgehead atoms. The molecule has 0 radical (unpaired) electrons. The van der Waals surface area contributed by atoms with E-state index in [1.54, 1.807) is 0 Å². The first kappa shape index (κ1) is 17.0. The quantitative estimate of drug-likeness (QED) is 0.849. The second kappa shape index (κ2) is 6.81. The van der Waals surface area contributed by atoms with Gasteiger partial charge in [-0.05, 0) is 32.1 Å². The van der Waals surface area contributed by atoms with E-state index in [0.29, 0.717) is 13.0 Å². The topological polar surface area (TPSA) is 54.3 Å².